The van der Waals surface area contributed by atoms with Gasteiger partial charge in [-0.05, 0) is 61.0 Å². The molecule has 1 saturated heterocycles. The minimum atomic E-state index is -0.396. The SMILES string of the molecule is C=CC(=O)Nc1cccc(-c2cccc3cnc(Nc4ccc(O[C@@H]5CCNC[C@H]5CF)cc4)nc23)c1. The van der Waals surface area contributed by atoms with Gasteiger partial charge in [0, 0.05) is 41.0 Å². The second-order valence-electron chi connectivity index (χ2n) is 8.92. The maximum Gasteiger partial charge on any atom is 0.247 e. The number of hydrogen-bond donors (Lipinski definition) is 3. The quantitative estimate of drug-likeness (QED) is 0.279. The maximum absolute atomic E-state index is 13.3. The van der Waals surface area contributed by atoms with Crippen LogP contribution in [0.15, 0.2) is 85.6 Å². The van der Waals surface area contributed by atoms with Crippen molar-refractivity contribution in [3.8, 4) is 16.9 Å². The number of ether oxygens (including phenoxy) is 1. The fourth-order valence-electron chi connectivity index (χ4n) is 4.44. The van der Waals surface area contributed by atoms with Crippen molar-refractivity contribution in [1.82, 2.24) is 15.3 Å². The molecule has 1 aliphatic heterocycles. The Kier molecular flexibility index (Phi) is 7.37. The molecule has 3 aromatic carbocycles. The first-order valence-electron chi connectivity index (χ1n) is 12.2. The molecule has 188 valence electrons. The number of amides is 1. The zero-order valence-electron chi connectivity index (χ0n) is 20.3. The molecule has 1 aliphatic rings. The zero-order chi connectivity index (χ0) is 25.6. The van der Waals surface area contributed by atoms with Gasteiger partial charge in [-0.1, -0.05) is 36.9 Å². The molecule has 0 bridgehead atoms. The summed E-state index contributed by atoms with van der Waals surface area (Å²) in [5.74, 6) is 0.769. The van der Waals surface area contributed by atoms with Crippen molar-refractivity contribution in [3.05, 3.63) is 85.6 Å². The van der Waals surface area contributed by atoms with Crippen LogP contribution in [0.25, 0.3) is 22.0 Å². The summed E-state index contributed by atoms with van der Waals surface area (Å²) >= 11 is 0. The third-order valence-electron chi connectivity index (χ3n) is 6.37. The van der Waals surface area contributed by atoms with Gasteiger partial charge < -0.3 is 20.7 Å². The van der Waals surface area contributed by atoms with Crippen molar-refractivity contribution in [2.24, 2.45) is 5.92 Å². The smallest absolute Gasteiger partial charge is 0.247 e. The lowest BCUT2D eigenvalue weighted by molar-refractivity contribution is -0.111. The molecule has 1 fully saturated rings. The summed E-state index contributed by atoms with van der Waals surface area (Å²) in [5, 5.41) is 10.2. The zero-order valence-corrected chi connectivity index (χ0v) is 20.3. The lowest BCUT2D eigenvalue weighted by atomic mass is 9.97. The van der Waals surface area contributed by atoms with E-state index in [-0.39, 0.29) is 17.9 Å². The average Bonchev–Trinajstić information content (AvgIpc) is 2.94. The van der Waals surface area contributed by atoms with E-state index < -0.39 is 6.67 Å². The van der Waals surface area contributed by atoms with Crippen LogP contribution in [-0.2, 0) is 4.79 Å². The Hall–Kier alpha value is -4.30. The number of alkyl halides is 1. The van der Waals surface area contributed by atoms with Crippen molar-refractivity contribution in [1.29, 1.82) is 0 Å². The van der Waals surface area contributed by atoms with E-state index >= 15 is 0 Å². The van der Waals surface area contributed by atoms with Crippen LogP contribution in [0.1, 0.15) is 6.42 Å². The van der Waals surface area contributed by atoms with Crippen LogP contribution in [0, 0.1) is 5.92 Å². The summed E-state index contributed by atoms with van der Waals surface area (Å²) in [6.07, 6.45) is 3.67. The number of para-hydroxylation sites is 1. The highest BCUT2D eigenvalue weighted by Crippen LogP contribution is 2.30. The van der Waals surface area contributed by atoms with Gasteiger partial charge in [-0.2, -0.15) is 0 Å². The Bertz CT molecular complexity index is 1410. The molecular formula is C29H28FN5O2. The number of fused-ring (bicyclic) bond motifs is 1. The molecule has 7 nitrogen and oxygen atoms in total. The summed E-state index contributed by atoms with van der Waals surface area (Å²) < 4.78 is 19.4. The molecule has 0 unspecified atom stereocenters. The molecule has 5 rings (SSSR count). The molecule has 2 heterocycles. The predicted octanol–water partition coefficient (Wildman–Crippen LogP) is 5.49. The normalized spacial score (nSPS) is 17.2. The first kappa shape index (κ1) is 24.4. The minimum Gasteiger partial charge on any atom is -0.490 e. The average molecular weight is 498 g/mol. The van der Waals surface area contributed by atoms with Crippen LogP contribution in [0.5, 0.6) is 5.75 Å². The summed E-state index contributed by atoms with van der Waals surface area (Å²) in [5.41, 5.74) is 4.12. The van der Waals surface area contributed by atoms with Crippen LogP contribution in [0.3, 0.4) is 0 Å². The molecule has 0 saturated carbocycles. The fraction of sp³-hybridized carbons (Fsp3) is 0.207. The Morgan fingerprint density at radius 3 is 2.78 bits per heavy atom. The van der Waals surface area contributed by atoms with E-state index in [9.17, 15) is 9.18 Å². The number of nitrogens with zero attached hydrogens (tertiary/aromatic N) is 2. The Labute approximate surface area is 214 Å². The highest BCUT2D eigenvalue weighted by atomic mass is 19.1. The number of piperidine rings is 1. The lowest BCUT2D eigenvalue weighted by Gasteiger charge is -2.30. The van der Waals surface area contributed by atoms with Crippen LogP contribution in [0.4, 0.5) is 21.7 Å². The number of carbonyl (C=O) groups excluding carboxylic acids is 1. The summed E-state index contributed by atoms with van der Waals surface area (Å²) in [6.45, 7) is 4.57. The molecule has 2 atom stereocenters. The van der Waals surface area contributed by atoms with E-state index in [1.807, 2.05) is 66.7 Å². The van der Waals surface area contributed by atoms with E-state index in [1.54, 1.807) is 6.20 Å². The van der Waals surface area contributed by atoms with E-state index in [4.69, 9.17) is 9.72 Å². The predicted molar refractivity (Wildman–Crippen MR) is 145 cm³/mol. The van der Waals surface area contributed by atoms with Crippen LogP contribution in [-0.4, -0.2) is 41.7 Å². The topological polar surface area (TPSA) is 88.2 Å². The molecular weight excluding hydrogens is 469 g/mol. The number of hydrogen-bond acceptors (Lipinski definition) is 6. The minimum absolute atomic E-state index is 0.129. The van der Waals surface area contributed by atoms with Crippen LogP contribution in [0.2, 0.25) is 0 Å². The molecule has 37 heavy (non-hydrogen) atoms. The van der Waals surface area contributed by atoms with Gasteiger partial charge in [-0.25, -0.2) is 9.97 Å². The van der Waals surface area contributed by atoms with Gasteiger partial charge in [0.05, 0.1) is 12.2 Å². The molecule has 8 heteroatoms. The standard InChI is InChI=1S/C29H28FN5O2/c1-2-27(36)33-23-7-3-5-19(15-23)25-8-4-6-20-18-32-29(35-28(20)25)34-22-9-11-24(12-10-22)37-26-13-14-31-17-21(26)16-30/h2-12,15,18,21,26,31H,1,13-14,16-17H2,(H,33,36)(H,32,34,35)/t21-,26-/m1/s1. The largest absolute Gasteiger partial charge is 0.490 e. The highest BCUT2D eigenvalue weighted by Gasteiger charge is 2.26. The number of aromatic nitrogens is 2. The lowest BCUT2D eigenvalue weighted by Crippen LogP contribution is -2.43. The van der Waals surface area contributed by atoms with Gasteiger partial charge in [-0.3, -0.25) is 9.18 Å². The Balaban J connectivity index is 1.35. The van der Waals surface area contributed by atoms with Gasteiger partial charge in [0.15, 0.2) is 0 Å². The van der Waals surface area contributed by atoms with Crippen LogP contribution < -0.4 is 20.7 Å². The number of benzene rings is 3. The first-order valence-corrected chi connectivity index (χ1v) is 12.2. The monoisotopic (exact) mass is 497 g/mol. The summed E-state index contributed by atoms with van der Waals surface area (Å²) in [4.78, 5) is 21.0. The molecule has 1 amide bonds. The van der Waals surface area contributed by atoms with Crippen molar-refractivity contribution in [2.75, 3.05) is 30.4 Å². The summed E-state index contributed by atoms with van der Waals surface area (Å²) in [7, 11) is 0. The fourth-order valence-corrected chi connectivity index (χ4v) is 4.44. The number of nitrogens with one attached hydrogen (secondary N) is 3. The second kappa shape index (κ2) is 11.2. The van der Waals surface area contributed by atoms with Gasteiger partial charge in [0.1, 0.15) is 11.9 Å². The number of anilines is 3. The maximum atomic E-state index is 13.3. The van der Waals surface area contributed by atoms with Crippen molar-refractivity contribution in [2.45, 2.75) is 12.5 Å². The van der Waals surface area contributed by atoms with Gasteiger partial charge in [-0.15, -0.1) is 0 Å². The third-order valence-corrected chi connectivity index (χ3v) is 6.37. The van der Waals surface area contributed by atoms with Crippen molar-refractivity contribution < 1.29 is 13.9 Å². The molecule has 1 aromatic heterocycles. The first-order chi connectivity index (χ1) is 18.1. The van der Waals surface area contributed by atoms with Gasteiger partial charge in [0.25, 0.3) is 0 Å². The number of rotatable bonds is 8. The number of halogens is 1. The molecule has 0 aliphatic carbocycles. The van der Waals surface area contributed by atoms with E-state index in [1.165, 1.54) is 6.08 Å². The summed E-state index contributed by atoms with van der Waals surface area (Å²) in [6, 6.07) is 21.0. The molecule has 0 radical (unpaired) electrons. The van der Waals surface area contributed by atoms with E-state index in [0.717, 1.165) is 40.7 Å². The highest BCUT2D eigenvalue weighted by molar-refractivity contribution is 6.00. The van der Waals surface area contributed by atoms with Gasteiger partial charge >= 0.3 is 0 Å². The Morgan fingerprint density at radius 2 is 1.97 bits per heavy atom. The number of carbonyl (C=O) groups is 1. The van der Waals surface area contributed by atoms with E-state index in [2.05, 4.69) is 27.5 Å². The molecule has 4 aromatic rings. The van der Waals surface area contributed by atoms with Gasteiger partial charge in [0.2, 0.25) is 11.9 Å². The van der Waals surface area contributed by atoms with Crippen molar-refractivity contribution in [3.63, 3.8) is 0 Å². The van der Waals surface area contributed by atoms with Crippen molar-refractivity contribution >= 4 is 34.1 Å². The van der Waals surface area contributed by atoms with Crippen LogP contribution >= 0.6 is 0 Å². The molecule has 3 N–H and O–H groups in total. The second-order valence-corrected chi connectivity index (χ2v) is 8.92. The Morgan fingerprint density at radius 1 is 1.14 bits per heavy atom. The van der Waals surface area contributed by atoms with E-state index in [0.29, 0.717) is 23.9 Å². The molecule has 0 spiro atoms. The third kappa shape index (κ3) is 5.76.